The van der Waals surface area contributed by atoms with Crippen molar-refractivity contribution in [2.75, 3.05) is 26.3 Å². The highest BCUT2D eigenvalue weighted by molar-refractivity contribution is 5.92. The largest absolute Gasteiger partial charge is 0.380 e. The molecule has 5 heterocycles. The SMILES string of the molecule is CC1CCC([C@H](NC(=O)c2ccnn2C)c2nc3nc(C4COCC4C(=O)N4CC(F)(F)C4)ccc3[nH]2)CC1. The number of amides is 2. The van der Waals surface area contributed by atoms with E-state index in [4.69, 9.17) is 14.7 Å². The number of imidazole rings is 1. The molecule has 2 saturated heterocycles. The number of fused-ring (bicyclic) bond motifs is 1. The summed E-state index contributed by atoms with van der Waals surface area (Å²) in [6.45, 7) is 1.63. The first-order valence-electron chi connectivity index (χ1n) is 13.6. The van der Waals surface area contributed by atoms with Crippen LogP contribution in [-0.4, -0.2) is 73.7 Å². The molecule has 0 radical (unpaired) electrons. The summed E-state index contributed by atoms with van der Waals surface area (Å²) in [4.78, 5) is 40.2. The number of nitrogens with zero attached hydrogens (tertiary/aromatic N) is 5. The minimum absolute atomic E-state index is 0.180. The van der Waals surface area contributed by atoms with Crippen LogP contribution in [-0.2, 0) is 16.6 Å². The van der Waals surface area contributed by atoms with E-state index in [2.05, 4.69) is 22.3 Å². The number of hydrogen-bond acceptors (Lipinski definition) is 6. The summed E-state index contributed by atoms with van der Waals surface area (Å²) < 4.78 is 33.8. The molecule has 0 spiro atoms. The van der Waals surface area contributed by atoms with E-state index in [0.717, 1.165) is 31.2 Å². The molecule has 3 atom stereocenters. The van der Waals surface area contributed by atoms with Gasteiger partial charge in [0.05, 0.1) is 43.8 Å². The molecule has 3 fully saturated rings. The normalized spacial score (nSPS) is 27.3. The standard InChI is InChI=1S/C27H33F2N7O3/c1-15-3-5-16(6-4-15)22(33-25(37)21-9-10-30-35(21)2)24-32-20-8-7-19(31-23(20)34-24)17-11-39-12-18(17)26(38)36-13-27(28,29)14-36/h7-10,15-18,22H,3-6,11-14H2,1-2H3,(H,33,37)(H,31,32,34)/t15?,16?,17?,18?,22-/m0/s1. The van der Waals surface area contributed by atoms with Crippen LogP contribution in [0, 0.1) is 17.8 Å². The summed E-state index contributed by atoms with van der Waals surface area (Å²) in [5, 5.41) is 7.31. The van der Waals surface area contributed by atoms with Crippen molar-refractivity contribution in [1.82, 2.24) is 34.9 Å². The summed E-state index contributed by atoms with van der Waals surface area (Å²) >= 11 is 0. The van der Waals surface area contributed by atoms with E-state index in [1.807, 2.05) is 12.1 Å². The van der Waals surface area contributed by atoms with Gasteiger partial charge in [0.25, 0.3) is 11.8 Å². The molecular weight excluding hydrogens is 508 g/mol. The molecule has 0 bridgehead atoms. The van der Waals surface area contributed by atoms with Gasteiger partial charge in [-0.1, -0.05) is 19.8 Å². The molecule has 1 saturated carbocycles. The van der Waals surface area contributed by atoms with Crippen LogP contribution in [0.15, 0.2) is 24.4 Å². The predicted molar refractivity (Wildman–Crippen MR) is 137 cm³/mol. The molecule has 2 unspecified atom stereocenters. The average Bonchev–Trinajstić information content (AvgIpc) is 3.64. The molecule has 2 amide bonds. The second-order valence-corrected chi connectivity index (χ2v) is 11.3. The number of H-pyrrole nitrogens is 1. The Kier molecular flexibility index (Phi) is 6.60. The van der Waals surface area contributed by atoms with Gasteiger partial charge >= 0.3 is 0 Å². The van der Waals surface area contributed by atoms with Crippen LogP contribution in [0.5, 0.6) is 0 Å². The number of likely N-dealkylation sites (tertiary alicyclic amines) is 1. The van der Waals surface area contributed by atoms with Crippen molar-refractivity contribution in [1.29, 1.82) is 0 Å². The Hall–Kier alpha value is -3.41. The minimum atomic E-state index is -2.81. The van der Waals surface area contributed by atoms with E-state index >= 15 is 0 Å². The van der Waals surface area contributed by atoms with Gasteiger partial charge in [0, 0.05) is 24.9 Å². The molecule has 2 N–H and O–H groups in total. The van der Waals surface area contributed by atoms with Gasteiger partial charge in [-0.25, -0.2) is 18.7 Å². The first-order valence-corrected chi connectivity index (χ1v) is 13.6. The lowest BCUT2D eigenvalue weighted by Gasteiger charge is -2.40. The lowest BCUT2D eigenvalue weighted by molar-refractivity contribution is -0.169. The monoisotopic (exact) mass is 541 g/mol. The van der Waals surface area contributed by atoms with Crippen LogP contribution in [0.2, 0.25) is 0 Å². The topological polar surface area (TPSA) is 118 Å². The first-order chi connectivity index (χ1) is 18.7. The van der Waals surface area contributed by atoms with Crippen molar-refractivity contribution in [3.8, 4) is 0 Å². The Morgan fingerprint density at radius 2 is 1.90 bits per heavy atom. The lowest BCUT2D eigenvalue weighted by Crippen LogP contribution is -2.60. The van der Waals surface area contributed by atoms with Crippen LogP contribution in [0.4, 0.5) is 8.78 Å². The Morgan fingerprint density at radius 3 is 2.59 bits per heavy atom. The fourth-order valence-corrected chi connectivity index (χ4v) is 6.11. The zero-order chi connectivity index (χ0) is 27.3. The third-order valence-corrected chi connectivity index (χ3v) is 8.49. The number of aryl methyl sites for hydroxylation is 1. The summed E-state index contributed by atoms with van der Waals surface area (Å²) in [6, 6.07) is 5.06. The third-order valence-electron chi connectivity index (χ3n) is 8.49. The molecule has 6 rings (SSSR count). The second-order valence-electron chi connectivity index (χ2n) is 11.3. The fourth-order valence-electron chi connectivity index (χ4n) is 6.11. The quantitative estimate of drug-likeness (QED) is 0.495. The maximum Gasteiger partial charge on any atom is 0.282 e. The predicted octanol–water partition coefficient (Wildman–Crippen LogP) is 3.20. The van der Waals surface area contributed by atoms with Gasteiger partial charge in [-0.2, -0.15) is 5.10 Å². The fraction of sp³-hybridized carbons (Fsp3) is 0.593. The summed E-state index contributed by atoms with van der Waals surface area (Å²) in [6.07, 6.45) is 5.73. The van der Waals surface area contributed by atoms with Crippen LogP contribution in [0.1, 0.15) is 66.6 Å². The zero-order valence-corrected chi connectivity index (χ0v) is 22.1. The van der Waals surface area contributed by atoms with Crippen molar-refractivity contribution in [2.45, 2.75) is 50.5 Å². The summed E-state index contributed by atoms with van der Waals surface area (Å²) in [5.41, 5.74) is 2.32. The maximum absolute atomic E-state index is 13.4. The van der Waals surface area contributed by atoms with E-state index in [1.165, 1.54) is 4.90 Å². The zero-order valence-electron chi connectivity index (χ0n) is 22.1. The molecule has 0 aromatic carbocycles. The number of carbonyl (C=O) groups is 2. The van der Waals surface area contributed by atoms with E-state index in [0.29, 0.717) is 35.4 Å². The van der Waals surface area contributed by atoms with Gasteiger partial charge in [-0.3, -0.25) is 14.3 Å². The van der Waals surface area contributed by atoms with Crippen molar-refractivity contribution in [2.24, 2.45) is 24.8 Å². The first kappa shape index (κ1) is 25.8. The third kappa shape index (κ3) is 5.02. The van der Waals surface area contributed by atoms with E-state index in [-0.39, 0.29) is 36.3 Å². The summed E-state index contributed by atoms with van der Waals surface area (Å²) in [5.74, 6) is -2.73. The molecule has 2 aliphatic heterocycles. The Bertz CT molecular complexity index is 1370. The van der Waals surface area contributed by atoms with E-state index in [9.17, 15) is 18.4 Å². The number of nitrogens with one attached hydrogen (secondary N) is 2. The average molecular weight is 542 g/mol. The highest BCUT2D eigenvalue weighted by Gasteiger charge is 2.50. The highest BCUT2D eigenvalue weighted by atomic mass is 19.3. The number of rotatable bonds is 6. The molecule has 1 aliphatic carbocycles. The minimum Gasteiger partial charge on any atom is -0.380 e. The van der Waals surface area contributed by atoms with E-state index < -0.39 is 24.9 Å². The second kappa shape index (κ2) is 9.96. The number of aromatic amines is 1. The van der Waals surface area contributed by atoms with Gasteiger partial charge in [0.1, 0.15) is 11.5 Å². The molecule has 3 aromatic heterocycles. The van der Waals surface area contributed by atoms with Crippen molar-refractivity contribution < 1.29 is 23.1 Å². The number of aromatic nitrogens is 5. The maximum atomic E-state index is 13.4. The Balaban J connectivity index is 1.26. The Labute approximate surface area is 224 Å². The van der Waals surface area contributed by atoms with Gasteiger partial charge in [0.2, 0.25) is 5.91 Å². The molecular formula is C27H33F2N7O3. The number of hydrogen-bond donors (Lipinski definition) is 2. The van der Waals surface area contributed by atoms with Crippen LogP contribution in [0.25, 0.3) is 11.2 Å². The highest BCUT2D eigenvalue weighted by Crippen LogP contribution is 2.38. The summed E-state index contributed by atoms with van der Waals surface area (Å²) in [7, 11) is 1.73. The molecule has 39 heavy (non-hydrogen) atoms. The Morgan fingerprint density at radius 1 is 1.13 bits per heavy atom. The van der Waals surface area contributed by atoms with Gasteiger partial charge in [0.15, 0.2) is 5.65 Å². The molecule has 3 aromatic rings. The van der Waals surface area contributed by atoms with Crippen molar-refractivity contribution >= 4 is 23.0 Å². The molecule has 208 valence electrons. The van der Waals surface area contributed by atoms with Crippen LogP contribution >= 0.6 is 0 Å². The van der Waals surface area contributed by atoms with Crippen molar-refractivity contribution in [3.63, 3.8) is 0 Å². The number of ether oxygens (including phenoxy) is 1. The molecule has 3 aliphatic rings. The van der Waals surface area contributed by atoms with Gasteiger partial charge in [-0.05, 0) is 42.9 Å². The smallest absolute Gasteiger partial charge is 0.282 e. The number of pyridine rings is 1. The van der Waals surface area contributed by atoms with Crippen LogP contribution < -0.4 is 5.32 Å². The van der Waals surface area contributed by atoms with Gasteiger partial charge < -0.3 is 19.9 Å². The van der Waals surface area contributed by atoms with Crippen molar-refractivity contribution in [3.05, 3.63) is 41.6 Å². The van der Waals surface area contributed by atoms with Crippen LogP contribution in [0.3, 0.4) is 0 Å². The molecule has 12 heteroatoms. The van der Waals surface area contributed by atoms with Gasteiger partial charge in [-0.15, -0.1) is 0 Å². The number of alkyl halides is 2. The number of carbonyl (C=O) groups excluding carboxylic acids is 2. The number of halogens is 2. The molecule has 10 nitrogen and oxygen atoms in total. The lowest BCUT2D eigenvalue weighted by atomic mass is 9.79. The van der Waals surface area contributed by atoms with E-state index in [1.54, 1.807) is 24.0 Å².